The van der Waals surface area contributed by atoms with Crippen LogP contribution in [0.15, 0.2) is 24.3 Å². The average molecular weight is 338 g/mol. The second-order valence-corrected chi connectivity index (χ2v) is 5.79. The van der Waals surface area contributed by atoms with Crippen LogP contribution in [-0.2, 0) is 6.18 Å². The monoisotopic (exact) mass is 338 g/mol. The molecule has 1 aromatic carbocycles. The van der Waals surface area contributed by atoms with Crippen molar-refractivity contribution in [2.45, 2.75) is 38.3 Å². The van der Waals surface area contributed by atoms with Crippen molar-refractivity contribution >= 4 is 6.03 Å². The maximum absolute atomic E-state index is 12.6. The number of carbonyl (C=O) groups excluding carboxylic acids is 1. The highest BCUT2D eigenvalue weighted by molar-refractivity contribution is 5.74. The van der Waals surface area contributed by atoms with Crippen molar-refractivity contribution in [1.82, 2.24) is 10.2 Å². The first kappa shape index (κ1) is 18.2. The molecule has 0 aliphatic carbocycles. The molecule has 6 heteroatoms. The highest BCUT2D eigenvalue weighted by atomic mass is 19.4. The van der Waals surface area contributed by atoms with Gasteiger partial charge in [0.15, 0.2) is 0 Å². The van der Waals surface area contributed by atoms with E-state index in [-0.39, 0.29) is 18.1 Å². The summed E-state index contributed by atoms with van der Waals surface area (Å²) in [5, 5.41) is 2.71. The fourth-order valence-electron chi connectivity index (χ4n) is 2.60. The Kier molecular flexibility index (Phi) is 6.53. The van der Waals surface area contributed by atoms with Crippen LogP contribution in [0.1, 0.15) is 43.2 Å². The van der Waals surface area contributed by atoms with E-state index in [9.17, 15) is 18.0 Å². The van der Waals surface area contributed by atoms with Gasteiger partial charge in [-0.25, -0.2) is 4.79 Å². The zero-order valence-electron chi connectivity index (χ0n) is 13.5. The quantitative estimate of drug-likeness (QED) is 0.770. The van der Waals surface area contributed by atoms with E-state index in [4.69, 9.17) is 0 Å². The third-order valence-electron chi connectivity index (χ3n) is 3.89. The molecule has 2 rings (SSSR count). The van der Waals surface area contributed by atoms with Gasteiger partial charge in [-0.1, -0.05) is 37.2 Å². The van der Waals surface area contributed by atoms with Crippen molar-refractivity contribution in [3.05, 3.63) is 35.4 Å². The summed E-state index contributed by atoms with van der Waals surface area (Å²) in [4.78, 5) is 13.8. The van der Waals surface area contributed by atoms with Gasteiger partial charge in [0.1, 0.15) is 0 Å². The predicted octanol–water partition coefficient (Wildman–Crippen LogP) is 4.03. The van der Waals surface area contributed by atoms with E-state index in [0.29, 0.717) is 0 Å². The molecule has 24 heavy (non-hydrogen) atoms. The number of halogens is 3. The largest absolute Gasteiger partial charge is 0.416 e. The van der Waals surface area contributed by atoms with E-state index in [1.54, 1.807) is 4.90 Å². The van der Waals surface area contributed by atoms with Gasteiger partial charge in [0.25, 0.3) is 0 Å². The molecule has 0 unspecified atom stereocenters. The fourth-order valence-corrected chi connectivity index (χ4v) is 2.60. The number of urea groups is 1. The first-order chi connectivity index (χ1) is 11.5. The minimum Gasteiger partial charge on any atom is -0.327 e. The summed E-state index contributed by atoms with van der Waals surface area (Å²) in [6, 6.07) is 4.70. The Morgan fingerprint density at radius 1 is 1.12 bits per heavy atom. The lowest BCUT2D eigenvalue weighted by atomic mass is 10.1. The third-order valence-corrected chi connectivity index (χ3v) is 3.89. The van der Waals surface area contributed by atoms with Gasteiger partial charge < -0.3 is 10.2 Å². The van der Waals surface area contributed by atoms with Crippen molar-refractivity contribution in [3.63, 3.8) is 0 Å². The SMILES string of the molecule is O=C(NCC#Cc1cccc(C(F)(F)F)c1)N1CCCCCCC1. The number of benzene rings is 1. The van der Waals surface area contributed by atoms with Crippen LogP contribution in [-0.4, -0.2) is 30.6 Å². The minimum atomic E-state index is -4.38. The standard InChI is InChI=1S/C18H21F3N2O/c19-18(20,21)16-10-6-8-15(14-16)9-7-11-22-17(24)23-12-4-2-1-3-5-13-23/h6,8,10,14H,1-5,11-13H2,(H,22,24). The minimum absolute atomic E-state index is 0.117. The van der Waals surface area contributed by atoms with Crippen LogP contribution in [0.25, 0.3) is 0 Å². The Bertz CT molecular complexity index is 609. The first-order valence-electron chi connectivity index (χ1n) is 8.16. The lowest BCUT2D eigenvalue weighted by Gasteiger charge is -2.24. The molecule has 0 atom stereocenters. The van der Waals surface area contributed by atoms with E-state index in [0.717, 1.165) is 50.9 Å². The van der Waals surface area contributed by atoms with Gasteiger partial charge in [0.2, 0.25) is 0 Å². The van der Waals surface area contributed by atoms with Crippen LogP contribution < -0.4 is 5.32 Å². The third kappa shape index (κ3) is 5.80. The molecule has 0 aromatic heterocycles. The number of carbonyl (C=O) groups is 1. The molecule has 3 nitrogen and oxygen atoms in total. The number of nitrogens with one attached hydrogen (secondary N) is 1. The van der Waals surface area contributed by atoms with E-state index >= 15 is 0 Å². The molecule has 0 radical (unpaired) electrons. The summed E-state index contributed by atoms with van der Waals surface area (Å²) >= 11 is 0. The molecule has 0 saturated carbocycles. The van der Waals surface area contributed by atoms with E-state index in [2.05, 4.69) is 17.2 Å². The van der Waals surface area contributed by atoms with Crippen molar-refractivity contribution in [1.29, 1.82) is 0 Å². The van der Waals surface area contributed by atoms with Gasteiger partial charge in [0, 0.05) is 18.7 Å². The summed E-state index contributed by atoms with van der Waals surface area (Å²) in [7, 11) is 0. The number of hydrogen-bond acceptors (Lipinski definition) is 1. The lowest BCUT2D eigenvalue weighted by Crippen LogP contribution is -2.41. The van der Waals surface area contributed by atoms with E-state index in [1.165, 1.54) is 18.6 Å². The molecular formula is C18H21F3N2O. The molecule has 1 aliphatic rings. The molecular weight excluding hydrogens is 317 g/mol. The summed E-state index contributed by atoms with van der Waals surface area (Å²) in [6.07, 6.45) is 1.13. The van der Waals surface area contributed by atoms with Crippen LogP contribution in [0, 0.1) is 11.8 Å². The number of amides is 2. The predicted molar refractivity (Wildman–Crippen MR) is 86.4 cm³/mol. The first-order valence-corrected chi connectivity index (χ1v) is 8.16. The Morgan fingerprint density at radius 2 is 1.79 bits per heavy atom. The molecule has 1 saturated heterocycles. The van der Waals surface area contributed by atoms with Crippen molar-refractivity contribution < 1.29 is 18.0 Å². The van der Waals surface area contributed by atoms with Crippen LogP contribution in [0.5, 0.6) is 0 Å². The summed E-state index contributed by atoms with van der Waals surface area (Å²) in [6.45, 7) is 1.60. The maximum atomic E-state index is 12.6. The highest BCUT2D eigenvalue weighted by Gasteiger charge is 2.30. The van der Waals surface area contributed by atoms with Crippen LogP contribution in [0.3, 0.4) is 0 Å². The second-order valence-electron chi connectivity index (χ2n) is 5.79. The average Bonchev–Trinajstić information content (AvgIpc) is 2.50. The fraction of sp³-hybridized carbons (Fsp3) is 0.500. The highest BCUT2D eigenvalue weighted by Crippen LogP contribution is 2.29. The van der Waals surface area contributed by atoms with Gasteiger partial charge in [-0.2, -0.15) is 13.2 Å². The number of nitrogens with zero attached hydrogens (tertiary/aromatic N) is 1. The zero-order valence-corrected chi connectivity index (χ0v) is 13.5. The van der Waals surface area contributed by atoms with E-state index < -0.39 is 11.7 Å². The molecule has 2 amide bonds. The molecule has 1 aromatic rings. The molecule has 130 valence electrons. The second kappa shape index (κ2) is 8.62. The van der Waals surface area contributed by atoms with Crippen LogP contribution >= 0.6 is 0 Å². The number of likely N-dealkylation sites (tertiary alicyclic amines) is 1. The van der Waals surface area contributed by atoms with Crippen molar-refractivity contribution in [2.24, 2.45) is 0 Å². The van der Waals surface area contributed by atoms with Gasteiger partial charge >= 0.3 is 12.2 Å². The molecule has 1 heterocycles. The Morgan fingerprint density at radius 3 is 2.46 bits per heavy atom. The molecule has 0 bridgehead atoms. The normalized spacial score (nSPS) is 15.7. The number of hydrogen-bond donors (Lipinski definition) is 1. The van der Waals surface area contributed by atoms with Gasteiger partial charge in [-0.3, -0.25) is 0 Å². The van der Waals surface area contributed by atoms with E-state index in [1.807, 2.05) is 0 Å². The van der Waals surface area contributed by atoms with Crippen molar-refractivity contribution in [2.75, 3.05) is 19.6 Å². The molecule has 1 fully saturated rings. The summed E-state index contributed by atoms with van der Waals surface area (Å²) in [5.41, 5.74) is -0.440. The summed E-state index contributed by atoms with van der Waals surface area (Å²) < 4.78 is 37.9. The smallest absolute Gasteiger partial charge is 0.327 e. The van der Waals surface area contributed by atoms with Gasteiger partial charge in [-0.15, -0.1) is 0 Å². The molecule has 1 aliphatic heterocycles. The van der Waals surface area contributed by atoms with Gasteiger partial charge in [-0.05, 0) is 31.0 Å². The van der Waals surface area contributed by atoms with Gasteiger partial charge in [0.05, 0.1) is 12.1 Å². The topological polar surface area (TPSA) is 32.3 Å². The Hall–Kier alpha value is -2.16. The zero-order chi connectivity index (χ0) is 17.4. The summed E-state index contributed by atoms with van der Waals surface area (Å²) in [5.74, 6) is 5.36. The van der Waals surface area contributed by atoms with Crippen LogP contribution in [0.4, 0.5) is 18.0 Å². The van der Waals surface area contributed by atoms with Crippen LogP contribution in [0.2, 0.25) is 0 Å². The number of rotatable bonds is 1. The molecule has 0 spiro atoms. The Balaban J connectivity index is 1.85. The Labute approximate surface area is 140 Å². The van der Waals surface area contributed by atoms with Crippen molar-refractivity contribution in [3.8, 4) is 11.8 Å². The molecule has 1 N–H and O–H groups in total. The lowest BCUT2D eigenvalue weighted by molar-refractivity contribution is -0.137. The number of alkyl halides is 3. The maximum Gasteiger partial charge on any atom is 0.416 e.